The van der Waals surface area contributed by atoms with E-state index in [0.717, 1.165) is 16.7 Å². The van der Waals surface area contributed by atoms with E-state index < -0.39 is 0 Å². The molecular formula is C10H12BrN3. The van der Waals surface area contributed by atoms with E-state index in [1.807, 2.05) is 29.3 Å². The third-order valence-electron chi connectivity index (χ3n) is 2.32. The van der Waals surface area contributed by atoms with Crippen molar-refractivity contribution in [1.82, 2.24) is 0 Å². The zero-order valence-corrected chi connectivity index (χ0v) is 9.53. The highest BCUT2D eigenvalue weighted by atomic mass is 79.9. The van der Waals surface area contributed by atoms with Gasteiger partial charge in [-0.05, 0) is 28.1 Å². The van der Waals surface area contributed by atoms with Crippen molar-refractivity contribution in [3.8, 4) is 0 Å². The van der Waals surface area contributed by atoms with Gasteiger partial charge in [-0.1, -0.05) is 19.1 Å². The zero-order valence-electron chi connectivity index (χ0n) is 7.94. The lowest BCUT2D eigenvalue weighted by Gasteiger charge is -2.15. The molecule has 1 aliphatic heterocycles. The fraction of sp³-hybridized carbons (Fsp3) is 0.300. The van der Waals surface area contributed by atoms with Crippen LogP contribution < -0.4 is 10.7 Å². The molecule has 1 aliphatic rings. The van der Waals surface area contributed by atoms with Crippen molar-refractivity contribution in [1.29, 1.82) is 0 Å². The van der Waals surface area contributed by atoms with E-state index in [1.165, 1.54) is 0 Å². The van der Waals surface area contributed by atoms with E-state index in [0.29, 0.717) is 11.8 Å². The summed E-state index contributed by atoms with van der Waals surface area (Å²) in [6.45, 7) is 2.93. The quantitative estimate of drug-likeness (QED) is 0.834. The molecule has 0 saturated carbocycles. The monoisotopic (exact) mass is 253 g/mol. The molecule has 0 saturated heterocycles. The molecular weight excluding hydrogens is 242 g/mol. The molecule has 2 N–H and O–H groups in total. The van der Waals surface area contributed by atoms with E-state index in [9.17, 15) is 0 Å². The van der Waals surface area contributed by atoms with Crippen LogP contribution in [0.4, 0.5) is 5.69 Å². The zero-order chi connectivity index (χ0) is 10.1. The van der Waals surface area contributed by atoms with Gasteiger partial charge in [-0.2, -0.15) is 5.10 Å². The van der Waals surface area contributed by atoms with Crippen LogP contribution in [0.2, 0.25) is 0 Å². The summed E-state index contributed by atoms with van der Waals surface area (Å²) in [6.07, 6.45) is 0. The number of halogens is 1. The number of anilines is 1. The van der Waals surface area contributed by atoms with Gasteiger partial charge in [0, 0.05) is 10.4 Å². The Bertz CT molecular complexity index is 375. The number of amidine groups is 1. The lowest BCUT2D eigenvalue weighted by atomic mass is 10.2. The number of nitrogens with two attached hydrogens (primary N) is 1. The molecule has 1 aromatic carbocycles. The lowest BCUT2D eigenvalue weighted by Crippen LogP contribution is -2.20. The van der Waals surface area contributed by atoms with Crippen molar-refractivity contribution < 1.29 is 0 Å². The van der Waals surface area contributed by atoms with E-state index >= 15 is 0 Å². The van der Waals surface area contributed by atoms with Crippen molar-refractivity contribution in [3.63, 3.8) is 0 Å². The molecule has 0 bridgehead atoms. The van der Waals surface area contributed by atoms with Gasteiger partial charge in [0.2, 0.25) is 0 Å². The van der Waals surface area contributed by atoms with Gasteiger partial charge in [0.25, 0.3) is 0 Å². The third-order valence-corrected chi connectivity index (χ3v) is 2.99. The second kappa shape index (κ2) is 3.61. The minimum absolute atomic E-state index is 0.335. The molecule has 1 aromatic rings. The van der Waals surface area contributed by atoms with Crippen LogP contribution in [0.1, 0.15) is 6.92 Å². The van der Waals surface area contributed by atoms with Crippen molar-refractivity contribution in [2.45, 2.75) is 6.92 Å². The van der Waals surface area contributed by atoms with Crippen LogP contribution in [-0.2, 0) is 0 Å². The van der Waals surface area contributed by atoms with Gasteiger partial charge in [-0.15, -0.1) is 0 Å². The van der Waals surface area contributed by atoms with E-state index in [4.69, 9.17) is 5.73 Å². The van der Waals surface area contributed by atoms with E-state index in [1.54, 1.807) is 0 Å². The first-order valence-corrected chi connectivity index (χ1v) is 5.34. The normalized spacial score (nSPS) is 21.1. The molecule has 0 amide bonds. The highest BCUT2D eigenvalue weighted by Crippen LogP contribution is 2.28. The fourth-order valence-electron chi connectivity index (χ4n) is 1.44. The highest BCUT2D eigenvalue weighted by molar-refractivity contribution is 9.10. The molecule has 4 heteroatoms. The van der Waals surface area contributed by atoms with Crippen LogP contribution in [0, 0.1) is 5.92 Å². The molecule has 74 valence electrons. The minimum atomic E-state index is 0.335. The standard InChI is InChI=1S/C10H12BrN3/c1-7-6-14(13-10(7)12)9-5-3-2-4-8(9)11/h2-5,7H,6H2,1H3,(H2,12,13). The summed E-state index contributed by atoms with van der Waals surface area (Å²) in [5.41, 5.74) is 6.82. The Labute approximate surface area is 91.7 Å². The third kappa shape index (κ3) is 1.62. The number of hydrogen-bond acceptors (Lipinski definition) is 3. The molecule has 1 atom stereocenters. The first kappa shape index (κ1) is 9.52. The van der Waals surface area contributed by atoms with Crippen molar-refractivity contribution in [3.05, 3.63) is 28.7 Å². The Hall–Kier alpha value is -1.03. The van der Waals surface area contributed by atoms with Gasteiger partial charge in [0.05, 0.1) is 12.2 Å². The lowest BCUT2D eigenvalue weighted by molar-refractivity contribution is 0.772. The van der Waals surface area contributed by atoms with Gasteiger partial charge in [-0.3, -0.25) is 5.01 Å². The number of hydrogen-bond donors (Lipinski definition) is 1. The first-order chi connectivity index (χ1) is 6.68. The van der Waals surface area contributed by atoms with E-state index in [2.05, 4.69) is 28.0 Å². The van der Waals surface area contributed by atoms with Gasteiger partial charge < -0.3 is 5.73 Å². The number of para-hydroxylation sites is 1. The second-order valence-electron chi connectivity index (χ2n) is 3.46. The van der Waals surface area contributed by atoms with Crippen molar-refractivity contribution in [2.75, 3.05) is 11.6 Å². The summed E-state index contributed by atoms with van der Waals surface area (Å²) < 4.78 is 1.05. The Morgan fingerprint density at radius 1 is 1.50 bits per heavy atom. The molecule has 3 nitrogen and oxygen atoms in total. The second-order valence-corrected chi connectivity index (χ2v) is 4.31. The summed E-state index contributed by atoms with van der Waals surface area (Å²) in [5, 5.41) is 6.23. The summed E-state index contributed by atoms with van der Waals surface area (Å²) >= 11 is 3.49. The van der Waals surface area contributed by atoms with Crippen molar-refractivity contribution in [2.24, 2.45) is 16.8 Å². The smallest absolute Gasteiger partial charge is 0.124 e. The molecule has 1 unspecified atom stereocenters. The molecule has 0 aromatic heterocycles. The molecule has 0 aliphatic carbocycles. The van der Waals surface area contributed by atoms with E-state index in [-0.39, 0.29) is 0 Å². The first-order valence-electron chi connectivity index (χ1n) is 4.54. The number of hydrazone groups is 1. The average molecular weight is 254 g/mol. The molecule has 1 heterocycles. The Balaban J connectivity index is 2.30. The molecule has 2 rings (SSSR count). The maximum atomic E-state index is 5.75. The Kier molecular flexibility index (Phi) is 2.46. The SMILES string of the molecule is CC1CN(c2ccccc2Br)N=C1N. The molecule has 0 spiro atoms. The predicted molar refractivity (Wildman–Crippen MR) is 62.3 cm³/mol. The van der Waals surface area contributed by atoms with Crippen molar-refractivity contribution >= 4 is 27.5 Å². The van der Waals surface area contributed by atoms with Crippen LogP contribution in [-0.4, -0.2) is 12.4 Å². The topological polar surface area (TPSA) is 41.6 Å². The summed E-state index contributed by atoms with van der Waals surface area (Å²) in [6, 6.07) is 8.01. The summed E-state index contributed by atoms with van der Waals surface area (Å²) in [4.78, 5) is 0. The maximum Gasteiger partial charge on any atom is 0.124 e. The van der Waals surface area contributed by atoms with Gasteiger partial charge >= 0.3 is 0 Å². The fourth-order valence-corrected chi connectivity index (χ4v) is 1.93. The largest absolute Gasteiger partial charge is 0.385 e. The average Bonchev–Trinajstić information content (AvgIpc) is 2.48. The summed E-state index contributed by atoms with van der Waals surface area (Å²) in [5.74, 6) is 1.04. The molecule has 0 radical (unpaired) electrons. The predicted octanol–water partition coefficient (Wildman–Crippen LogP) is 2.18. The highest BCUT2D eigenvalue weighted by Gasteiger charge is 2.22. The van der Waals surface area contributed by atoms with Crippen LogP contribution in [0.5, 0.6) is 0 Å². The Morgan fingerprint density at radius 2 is 2.21 bits per heavy atom. The van der Waals surface area contributed by atoms with Crippen LogP contribution in [0.3, 0.4) is 0 Å². The molecule has 14 heavy (non-hydrogen) atoms. The summed E-state index contributed by atoms with van der Waals surface area (Å²) in [7, 11) is 0. The van der Waals surface area contributed by atoms with Gasteiger partial charge in [0.1, 0.15) is 5.84 Å². The number of benzene rings is 1. The van der Waals surface area contributed by atoms with Gasteiger partial charge in [0.15, 0.2) is 0 Å². The maximum absolute atomic E-state index is 5.75. The van der Waals surface area contributed by atoms with Crippen LogP contribution >= 0.6 is 15.9 Å². The molecule has 0 fully saturated rings. The number of nitrogens with zero attached hydrogens (tertiary/aromatic N) is 2. The van der Waals surface area contributed by atoms with Crippen LogP contribution in [0.15, 0.2) is 33.8 Å². The van der Waals surface area contributed by atoms with Crippen LogP contribution in [0.25, 0.3) is 0 Å². The Morgan fingerprint density at radius 3 is 2.79 bits per heavy atom. The number of rotatable bonds is 1. The van der Waals surface area contributed by atoms with Gasteiger partial charge in [-0.25, -0.2) is 0 Å². The minimum Gasteiger partial charge on any atom is -0.385 e.